The van der Waals surface area contributed by atoms with Crippen molar-refractivity contribution in [3.8, 4) is 33.2 Å². The predicted molar refractivity (Wildman–Crippen MR) is 119 cm³/mol. The molecule has 0 bridgehead atoms. The molecule has 144 valence electrons. The molecule has 3 aromatic carbocycles. The summed E-state index contributed by atoms with van der Waals surface area (Å²) in [5, 5.41) is 15.1. The first kappa shape index (κ1) is 18.7. The van der Waals surface area contributed by atoms with Crippen LogP contribution < -0.4 is 10.2 Å². The number of hydrazone groups is 1. The Morgan fingerprint density at radius 2 is 1.62 bits per heavy atom. The molecule has 0 aliphatic heterocycles. The summed E-state index contributed by atoms with van der Waals surface area (Å²) in [5.74, 6) is 0.454. The summed E-state index contributed by atoms with van der Waals surface area (Å²) in [4.78, 5) is 5.82. The fourth-order valence-electron chi connectivity index (χ4n) is 2.91. The average Bonchev–Trinajstić information content (AvgIpc) is 3.20. The average molecular weight is 401 g/mol. The van der Waals surface area contributed by atoms with Crippen molar-refractivity contribution in [2.75, 3.05) is 12.5 Å². The molecule has 2 N–H and O–H groups in total. The molecule has 1 heterocycles. The Balaban J connectivity index is 1.64. The molecule has 0 unspecified atom stereocenters. The van der Waals surface area contributed by atoms with Crippen molar-refractivity contribution in [2.24, 2.45) is 5.10 Å². The number of thiazole rings is 1. The Bertz CT molecular complexity index is 1070. The molecule has 1 aromatic heterocycles. The standard InChI is InChI=1S/C23H19N3O2S/c1-28-19-14-8-13-18(21(19)27)15-24-26-23-25-20(16-9-4-2-5-10-16)22(29-23)17-11-6-3-7-12-17/h2-15,27H,1H3,(H,25,26)/b24-15+. The predicted octanol–water partition coefficient (Wildman–Crippen LogP) is 5.64. The minimum absolute atomic E-state index is 0.0506. The first-order valence-electron chi connectivity index (χ1n) is 9.03. The highest BCUT2D eigenvalue weighted by molar-refractivity contribution is 7.19. The van der Waals surface area contributed by atoms with Crippen LogP contribution in [0.2, 0.25) is 0 Å². The van der Waals surface area contributed by atoms with Gasteiger partial charge in [-0.3, -0.25) is 5.43 Å². The molecule has 29 heavy (non-hydrogen) atoms. The maximum atomic E-state index is 10.2. The third-order valence-electron chi connectivity index (χ3n) is 4.32. The molecular weight excluding hydrogens is 382 g/mol. The quantitative estimate of drug-likeness (QED) is 0.324. The lowest BCUT2D eigenvalue weighted by molar-refractivity contribution is 0.373. The Kier molecular flexibility index (Phi) is 5.54. The third-order valence-corrected chi connectivity index (χ3v) is 5.33. The van der Waals surface area contributed by atoms with Crippen LogP contribution in [-0.4, -0.2) is 23.4 Å². The molecular formula is C23H19N3O2S. The van der Waals surface area contributed by atoms with E-state index in [9.17, 15) is 5.11 Å². The van der Waals surface area contributed by atoms with E-state index < -0.39 is 0 Å². The molecule has 5 nitrogen and oxygen atoms in total. The van der Waals surface area contributed by atoms with Gasteiger partial charge in [0, 0.05) is 11.1 Å². The molecule has 0 saturated carbocycles. The lowest BCUT2D eigenvalue weighted by atomic mass is 10.1. The highest BCUT2D eigenvalue weighted by atomic mass is 32.1. The molecule has 0 radical (unpaired) electrons. The third kappa shape index (κ3) is 4.12. The summed E-state index contributed by atoms with van der Waals surface area (Å²) < 4.78 is 5.12. The highest BCUT2D eigenvalue weighted by Crippen LogP contribution is 2.38. The maximum Gasteiger partial charge on any atom is 0.204 e. The van der Waals surface area contributed by atoms with Crippen molar-refractivity contribution < 1.29 is 9.84 Å². The van der Waals surface area contributed by atoms with Gasteiger partial charge in [-0.05, 0) is 17.7 Å². The van der Waals surface area contributed by atoms with E-state index in [1.165, 1.54) is 18.4 Å². The number of methoxy groups -OCH3 is 1. The van der Waals surface area contributed by atoms with Gasteiger partial charge in [-0.25, -0.2) is 4.98 Å². The van der Waals surface area contributed by atoms with Gasteiger partial charge < -0.3 is 9.84 Å². The van der Waals surface area contributed by atoms with Gasteiger partial charge in [0.25, 0.3) is 0 Å². The van der Waals surface area contributed by atoms with Crippen molar-refractivity contribution >= 4 is 22.7 Å². The SMILES string of the molecule is COc1cccc(/C=N/Nc2nc(-c3ccccc3)c(-c3ccccc3)s2)c1O. The Morgan fingerprint density at radius 1 is 0.931 bits per heavy atom. The monoisotopic (exact) mass is 401 g/mol. The van der Waals surface area contributed by atoms with Gasteiger partial charge in [0.05, 0.1) is 23.9 Å². The Hall–Kier alpha value is -3.64. The number of phenolic OH excluding ortho intramolecular Hbond substituents is 1. The lowest BCUT2D eigenvalue weighted by Gasteiger charge is -2.04. The van der Waals surface area contributed by atoms with E-state index in [4.69, 9.17) is 9.72 Å². The number of hydrogen-bond donors (Lipinski definition) is 2. The van der Waals surface area contributed by atoms with Gasteiger partial charge in [-0.2, -0.15) is 5.10 Å². The van der Waals surface area contributed by atoms with Crippen molar-refractivity contribution in [1.82, 2.24) is 4.98 Å². The zero-order valence-electron chi connectivity index (χ0n) is 15.7. The van der Waals surface area contributed by atoms with Crippen LogP contribution in [0, 0.1) is 0 Å². The molecule has 0 saturated heterocycles. The molecule has 0 amide bonds. The summed E-state index contributed by atoms with van der Waals surface area (Å²) in [6.45, 7) is 0. The molecule has 4 aromatic rings. The second kappa shape index (κ2) is 8.58. The van der Waals surface area contributed by atoms with Crippen LogP contribution in [0.5, 0.6) is 11.5 Å². The van der Waals surface area contributed by atoms with Crippen LogP contribution in [0.3, 0.4) is 0 Å². The van der Waals surface area contributed by atoms with Crippen molar-refractivity contribution in [3.63, 3.8) is 0 Å². The highest BCUT2D eigenvalue weighted by Gasteiger charge is 2.14. The maximum absolute atomic E-state index is 10.2. The second-order valence-corrected chi connectivity index (χ2v) is 7.20. The van der Waals surface area contributed by atoms with E-state index in [0.717, 1.165) is 21.7 Å². The van der Waals surface area contributed by atoms with E-state index in [2.05, 4.69) is 22.7 Å². The van der Waals surface area contributed by atoms with Crippen LogP contribution >= 0.6 is 11.3 Å². The van der Waals surface area contributed by atoms with Crippen LogP contribution in [0.15, 0.2) is 84.0 Å². The van der Waals surface area contributed by atoms with Gasteiger partial charge >= 0.3 is 0 Å². The summed E-state index contributed by atoms with van der Waals surface area (Å²) in [6.07, 6.45) is 1.55. The number of anilines is 1. The molecule has 0 atom stereocenters. The number of rotatable bonds is 6. The minimum atomic E-state index is 0.0506. The van der Waals surface area contributed by atoms with E-state index in [0.29, 0.717) is 16.4 Å². The molecule has 0 aliphatic carbocycles. The van der Waals surface area contributed by atoms with Crippen molar-refractivity contribution in [2.45, 2.75) is 0 Å². The van der Waals surface area contributed by atoms with E-state index >= 15 is 0 Å². The van der Waals surface area contributed by atoms with E-state index in [1.54, 1.807) is 24.4 Å². The number of aromatic hydroxyl groups is 1. The lowest BCUT2D eigenvalue weighted by Crippen LogP contribution is -1.92. The number of nitrogens with zero attached hydrogens (tertiary/aromatic N) is 2. The second-order valence-electron chi connectivity index (χ2n) is 6.20. The van der Waals surface area contributed by atoms with Crippen LogP contribution in [-0.2, 0) is 0 Å². The number of benzene rings is 3. The molecule has 0 aliphatic rings. The number of para-hydroxylation sites is 1. The summed E-state index contributed by atoms with van der Waals surface area (Å²) >= 11 is 1.53. The smallest absolute Gasteiger partial charge is 0.204 e. The summed E-state index contributed by atoms with van der Waals surface area (Å²) in [5.41, 5.74) is 6.59. The minimum Gasteiger partial charge on any atom is -0.504 e. The van der Waals surface area contributed by atoms with Crippen molar-refractivity contribution in [1.29, 1.82) is 0 Å². The van der Waals surface area contributed by atoms with Crippen LogP contribution in [0.25, 0.3) is 21.7 Å². The number of hydrogen-bond acceptors (Lipinski definition) is 6. The van der Waals surface area contributed by atoms with Gasteiger partial charge in [0.2, 0.25) is 5.13 Å². The first-order valence-corrected chi connectivity index (χ1v) is 9.84. The van der Waals surface area contributed by atoms with Gasteiger partial charge in [0.1, 0.15) is 0 Å². The van der Waals surface area contributed by atoms with E-state index in [-0.39, 0.29) is 5.75 Å². The van der Waals surface area contributed by atoms with Gasteiger partial charge in [-0.1, -0.05) is 78.1 Å². The largest absolute Gasteiger partial charge is 0.504 e. The zero-order chi connectivity index (χ0) is 20.1. The zero-order valence-corrected chi connectivity index (χ0v) is 16.6. The van der Waals surface area contributed by atoms with Crippen LogP contribution in [0.1, 0.15) is 5.56 Å². The van der Waals surface area contributed by atoms with E-state index in [1.807, 2.05) is 48.5 Å². The Labute approximate surface area is 173 Å². The molecule has 0 fully saturated rings. The van der Waals surface area contributed by atoms with Gasteiger partial charge in [-0.15, -0.1) is 0 Å². The fraction of sp³-hybridized carbons (Fsp3) is 0.0435. The Morgan fingerprint density at radius 3 is 2.31 bits per heavy atom. The number of aromatic nitrogens is 1. The number of ether oxygens (including phenoxy) is 1. The molecule has 4 rings (SSSR count). The molecule has 6 heteroatoms. The van der Waals surface area contributed by atoms with Crippen LogP contribution in [0.4, 0.5) is 5.13 Å². The molecule has 0 spiro atoms. The topological polar surface area (TPSA) is 66.7 Å². The fourth-order valence-corrected chi connectivity index (χ4v) is 3.85. The number of phenols is 1. The summed E-state index contributed by atoms with van der Waals surface area (Å²) in [7, 11) is 1.51. The number of nitrogens with one attached hydrogen (secondary N) is 1. The summed E-state index contributed by atoms with van der Waals surface area (Å²) in [6, 6.07) is 25.5. The first-order chi connectivity index (χ1) is 14.3. The van der Waals surface area contributed by atoms with Gasteiger partial charge in [0.15, 0.2) is 11.5 Å². The normalized spacial score (nSPS) is 10.9. The van der Waals surface area contributed by atoms with Crippen molar-refractivity contribution in [3.05, 3.63) is 84.4 Å².